The third-order valence-corrected chi connectivity index (χ3v) is 8.73. The largest absolute Gasteiger partial charge is 0.496 e. The maximum absolute atomic E-state index is 14.9. The van der Waals surface area contributed by atoms with Gasteiger partial charge in [0.25, 0.3) is 5.91 Å². The Hall–Kier alpha value is -2.84. The van der Waals surface area contributed by atoms with E-state index >= 15 is 0 Å². The summed E-state index contributed by atoms with van der Waals surface area (Å²) in [7, 11) is 1.39. The summed E-state index contributed by atoms with van der Waals surface area (Å²) in [5, 5.41) is 6.17. The molecule has 4 unspecified atom stereocenters. The first-order chi connectivity index (χ1) is 17.8. The van der Waals surface area contributed by atoms with Crippen LogP contribution in [0.3, 0.4) is 0 Å². The smallest absolute Gasteiger partial charge is 0.255 e. The molecule has 0 spiro atoms. The Morgan fingerprint density at radius 1 is 1.08 bits per heavy atom. The lowest BCUT2D eigenvalue weighted by molar-refractivity contribution is -0.129. The van der Waals surface area contributed by atoms with Gasteiger partial charge in [0.15, 0.2) is 11.6 Å². The van der Waals surface area contributed by atoms with E-state index in [1.165, 1.54) is 13.2 Å². The molecule has 4 N–H and O–H groups in total. The van der Waals surface area contributed by atoms with E-state index in [-0.39, 0.29) is 64.2 Å². The first-order valence-corrected chi connectivity index (χ1v) is 13.7. The molecule has 8 nitrogen and oxygen atoms in total. The monoisotopic (exact) mass is 531 g/mol. The normalized spacial score (nSPS) is 30.5. The maximum atomic E-state index is 14.9. The van der Waals surface area contributed by atoms with E-state index in [0.717, 1.165) is 25.3 Å². The number of nitrogens with two attached hydrogens (primary N) is 1. The number of hydrogen-bond acceptors (Lipinski definition) is 5. The van der Waals surface area contributed by atoms with Gasteiger partial charge < -0.3 is 25.8 Å². The van der Waals surface area contributed by atoms with Gasteiger partial charge in [0, 0.05) is 24.1 Å². The van der Waals surface area contributed by atoms with Crippen LogP contribution in [0.25, 0.3) is 0 Å². The van der Waals surface area contributed by atoms with Gasteiger partial charge in [0.05, 0.1) is 24.7 Å². The number of halogens is 1. The minimum absolute atomic E-state index is 0.0206. The molecule has 3 saturated carbocycles. The summed E-state index contributed by atoms with van der Waals surface area (Å²) in [5.74, 6) is -1.13. The van der Waals surface area contributed by atoms with E-state index in [9.17, 15) is 18.8 Å². The van der Waals surface area contributed by atoms with Crippen molar-refractivity contribution >= 4 is 17.7 Å². The minimum atomic E-state index is -0.624. The first kappa shape index (κ1) is 28.2. The van der Waals surface area contributed by atoms with Crippen LogP contribution in [0.15, 0.2) is 12.1 Å². The number of carbonyl (C=O) groups excluding carboxylic acids is 3. The van der Waals surface area contributed by atoms with Crippen molar-refractivity contribution in [3.8, 4) is 11.5 Å². The van der Waals surface area contributed by atoms with Crippen LogP contribution >= 0.6 is 0 Å². The number of amides is 3. The van der Waals surface area contributed by atoms with Crippen LogP contribution < -0.4 is 25.8 Å². The van der Waals surface area contributed by atoms with E-state index in [4.69, 9.17) is 15.2 Å². The van der Waals surface area contributed by atoms with Crippen molar-refractivity contribution in [3.63, 3.8) is 0 Å². The number of nitrogens with one attached hydrogen (secondary N) is 2. The second kappa shape index (κ2) is 10.7. The highest BCUT2D eigenvalue weighted by molar-refractivity contribution is 5.98. The van der Waals surface area contributed by atoms with E-state index < -0.39 is 17.1 Å². The molecule has 1 aromatic carbocycles. The van der Waals surface area contributed by atoms with E-state index in [1.807, 2.05) is 6.92 Å². The van der Waals surface area contributed by atoms with Crippen molar-refractivity contribution in [1.82, 2.24) is 10.6 Å². The van der Waals surface area contributed by atoms with Gasteiger partial charge in [0.2, 0.25) is 11.8 Å². The molecule has 0 aromatic heterocycles. The van der Waals surface area contributed by atoms with Crippen LogP contribution in [0.1, 0.15) is 83.0 Å². The number of hydrogen-bond donors (Lipinski definition) is 3. The van der Waals surface area contributed by atoms with Crippen molar-refractivity contribution < 1.29 is 28.2 Å². The highest BCUT2D eigenvalue weighted by Crippen LogP contribution is 2.49. The molecule has 0 aliphatic heterocycles. The molecule has 3 aliphatic carbocycles. The van der Waals surface area contributed by atoms with Gasteiger partial charge in [-0.15, -0.1) is 0 Å². The SMILES string of the molecule is COc1cc(F)c(OC2CCC(C)(C(N)=O)CC2)cc1C(=O)NC1C2CCC(C2)C1C(=O)NCC(C)(C)C. The molecule has 0 heterocycles. The zero-order valence-electron chi connectivity index (χ0n) is 23.2. The molecule has 38 heavy (non-hydrogen) atoms. The molecule has 210 valence electrons. The summed E-state index contributed by atoms with van der Waals surface area (Å²) < 4.78 is 26.2. The van der Waals surface area contributed by atoms with Crippen LogP contribution in [0.4, 0.5) is 4.39 Å². The quantitative estimate of drug-likeness (QED) is 0.469. The zero-order valence-corrected chi connectivity index (χ0v) is 23.2. The molecule has 0 radical (unpaired) electrons. The maximum Gasteiger partial charge on any atom is 0.255 e. The van der Waals surface area contributed by atoms with Crippen LogP contribution in [0.2, 0.25) is 0 Å². The summed E-state index contributed by atoms with van der Waals surface area (Å²) in [6, 6.07) is 2.26. The van der Waals surface area contributed by atoms with E-state index in [0.29, 0.717) is 32.2 Å². The standard InChI is InChI=1S/C29H42FN3O5/c1-28(2,3)15-32-26(35)23-16-6-7-17(12-16)24(23)33-25(34)19-13-22(20(30)14-21(19)37-5)38-18-8-10-29(4,11-9-18)27(31)36/h13-14,16-18,23-24H,6-12,15H2,1-5H3,(H2,31,36)(H,32,35)(H,33,34). The molecule has 3 amide bonds. The molecule has 1 aromatic rings. The Labute approximate surface area is 224 Å². The molecule has 3 fully saturated rings. The third kappa shape index (κ3) is 5.91. The Kier molecular flexibility index (Phi) is 7.96. The molecule has 2 bridgehead atoms. The van der Waals surface area contributed by atoms with Crippen LogP contribution in [-0.2, 0) is 9.59 Å². The molecular weight excluding hydrogens is 489 g/mol. The van der Waals surface area contributed by atoms with Crippen LogP contribution in [0, 0.1) is 34.4 Å². The Bertz CT molecular complexity index is 1080. The first-order valence-electron chi connectivity index (χ1n) is 13.7. The molecule has 3 aliphatic rings. The number of primary amides is 1. The molecule has 9 heteroatoms. The van der Waals surface area contributed by atoms with Crippen molar-refractivity contribution in [1.29, 1.82) is 0 Å². The lowest BCUT2D eigenvalue weighted by Crippen LogP contribution is -2.50. The number of ether oxygens (including phenoxy) is 2. The topological polar surface area (TPSA) is 120 Å². The Balaban J connectivity index is 1.48. The summed E-state index contributed by atoms with van der Waals surface area (Å²) >= 11 is 0. The fourth-order valence-corrected chi connectivity index (χ4v) is 6.32. The van der Waals surface area contributed by atoms with Crippen molar-refractivity contribution in [2.24, 2.45) is 34.3 Å². The Morgan fingerprint density at radius 2 is 1.74 bits per heavy atom. The fourth-order valence-electron chi connectivity index (χ4n) is 6.32. The van der Waals surface area contributed by atoms with Gasteiger partial charge in [-0.2, -0.15) is 0 Å². The molecule has 0 saturated heterocycles. The average Bonchev–Trinajstić information content (AvgIpc) is 3.46. The van der Waals surface area contributed by atoms with Gasteiger partial charge in [-0.05, 0) is 68.3 Å². The number of rotatable bonds is 8. The van der Waals surface area contributed by atoms with Crippen LogP contribution in [0.5, 0.6) is 11.5 Å². The van der Waals surface area contributed by atoms with Crippen molar-refractivity contribution in [2.45, 2.75) is 84.8 Å². The lowest BCUT2D eigenvalue weighted by Gasteiger charge is -2.35. The molecule has 4 atom stereocenters. The van der Waals surface area contributed by atoms with E-state index in [1.54, 1.807) is 0 Å². The van der Waals surface area contributed by atoms with Crippen molar-refractivity contribution in [3.05, 3.63) is 23.5 Å². The van der Waals surface area contributed by atoms with Gasteiger partial charge >= 0.3 is 0 Å². The van der Waals surface area contributed by atoms with Gasteiger partial charge in [-0.1, -0.05) is 27.7 Å². The van der Waals surface area contributed by atoms with Gasteiger partial charge in [0.1, 0.15) is 5.75 Å². The second-order valence-electron chi connectivity index (χ2n) is 12.9. The third-order valence-electron chi connectivity index (χ3n) is 8.73. The van der Waals surface area contributed by atoms with E-state index in [2.05, 4.69) is 31.4 Å². The highest BCUT2D eigenvalue weighted by atomic mass is 19.1. The van der Waals surface area contributed by atoms with Crippen LogP contribution in [-0.4, -0.2) is 43.5 Å². The number of carbonyl (C=O) groups is 3. The summed E-state index contributed by atoms with van der Waals surface area (Å²) in [6.45, 7) is 8.60. The summed E-state index contributed by atoms with van der Waals surface area (Å²) in [4.78, 5) is 38.4. The number of benzene rings is 1. The average molecular weight is 532 g/mol. The highest BCUT2D eigenvalue weighted by Gasteiger charge is 2.51. The number of fused-ring (bicyclic) bond motifs is 2. The predicted octanol–water partition coefficient (Wildman–Crippen LogP) is 3.95. The molecular formula is C29H42FN3O5. The number of methoxy groups -OCH3 is 1. The van der Waals surface area contributed by atoms with Gasteiger partial charge in [-0.3, -0.25) is 14.4 Å². The van der Waals surface area contributed by atoms with Crippen molar-refractivity contribution in [2.75, 3.05) is 13.7 Å². The lowest BCUT2D eigenvalue weighted by atomic mass is 9.74. The summed E-state index contributed by atoms with van der Waals surface area (Å²) in [6.07, 6.45) is 4.81. The zero-order chi connectivity index (χ0) is 27.8. The summed E-state index contributed by atoms with van der Waals surface area (Å²) in [5.41, 5.74) is 5.08. The van der Waals surface area contributed by atoms with Gasteiger partial charge in [-0.25, -0.2) is 4.39 Å². The Morgan fingerprint density at radius 3 is 2.34 bits per heavy atom. The minimum Gasteiger partial charge on any atom is -0.496 e. The second-order valence-corrected chi connectivity index (χ2v) is 12.9. The predicted molar refractivity (Wildman–Crippen MR) is 141 cm³/mol. The molecule has 4 rings (SSSR count). The fraction of sp³-hybridized carbons (Fsp3) is 0.690.